The van der Waals surface area contributed by atoms with Crippen LogP contribution >= 0.6 is 15.9 Å². The summed E-state index contributed by atoms with van der Waals surface area (Å²) in [6.07, 6.45) is 2.19. The Bertz CT molecular complexity index is 356. The van der Waals surface area contributed by atoms with E-state index in [0.29, 0.717) is 0 Å². The van der Waals surface area contributed by atoms with Gasteiger partial charge in [-0.05, 0) is 41.4 Å². The Morgan fingerprint density at radius 3 is 3.07 bits per heavy atom. The highest BCUT2D eigenvalue weighted by Gasteiger charge is 2.19. The normalized spacial score (nSPS) is 21.8. The van der Waals surface area contributed by atoms with Crippen molar-refractivity contribution in [2.24, 2.45) is 0 Å². The minimum atomic E-state index is 0.286. The molecule has 3 nitrogen and oxygen atoms in total. The molecule has 1 aliphatic rings. The fourth-order valence-electron chi connectivity index (χ4n) is 1.77. The molecular weight excluding hydrogens is 256 g/mol. The third-order valence-electron chi connectivity index (χ3n) is 2.50. The topological polar surface area (TPSA) is 25.4 Å². The first kappa shape index (κ1) is 10.9. The zero-order chi connectivity index (χ0) is 10.8. The van der Waals surface area contributed by atoms with E-state index >= 15 is 0 Å². The van der Waals surface area contributed by atoms with Crippen LogP contribution in [0.15, 0.2) is 16.7 Å². The van der Waals surface area contributed by atoms with Gasteiger partial charge in [0, 0.05) is 19.3 Å². The SMILES string of the molecule is Cc1cnc(N2CCOC(C)C2)c(Br)c1. The molecule has 0 aromatic carbocycles. The lowest BCUT2D eigenvalue weighted by Gasteiger charge is -2.32. The van der Waals surface area contributed by atoms with Crippen LogP contribution in [0.4, 0.5) is 5.82 Å². The van der Waals surface area contributed by atoms with Gasteiger partial charge in [0.15, 0.2) is 0 Å². The summed E-state index contributed by atoms with van der Waals surface area (Å²) in [5, 5.41) is 0. The van der Waals surface area contributed by atoms with Crippen molar-refractivity contribution in [2.45, 2.75) is 20.0 Å². The molecule has 2 rings (SSSR count). The Morgan fingerprint density at radius 2 is 2.40 bits per heavy atom. The summed E-state index contributed by atoms with van der Waals surface area (Å²) in [7, 11) is 0. The van der Waals surface area contributed by atoms with Gasteiger partial charge in [-0.15, -0.1) is 0 Å². The van der Waals surface area contributed by atoms with E-state index in [0.717, 1.165) is 30.0 Å². The second-order valence-electron chi connectivity index (χ2n) is 3.95. The molecule has 0 amide bonds. The van der Waals surface area contributed by atoms with Gasteiger partial charge in [0.1, 0.15) is 5.82 Å². The molecule has 1 aromatic heterocycles. The number of hydrogen-bond donors (Lipinski definition) is 0. The van der Waals surface area contributed by atoms with E-state index in [1.165, 1.54) is 5.56 Å². The van der Waals surface area contributed by atoms with Crippen LogP contribution < -0.4 is 4.90 Å². The van der Waals surface area contributed by atoms with Gasteiger partial charge < -0.3 is 9.64 Å². The number of anilines is 1. The highest BCUT2D eigenvalue weighted by molar-refractivity contribution is 9.10. The fourth-order valence-corrected chi connectivity index (χ4v) is 2.48. The van der Waals surface area contributed by atoms with Crippen LogP contribution in [0, 0.1) is 6.92 Å². The fraction of sp³-hybridized carbons (Fsp3) is 0.545. The molecule has 0 radical (unpaired) electrons. The molecule has 15 heavy (non-hydrogen) atoms. The number of nitrogens with zero attached hydrogens (tertiary/aromatic N) is 2. The van der Waals surface area contributed by atoms with E-state index in [-0.39, 0.29) is 6.10 Å². The van der Waals surface area contributed by atoms with Crippen molar-refractivity contribution in [2.75, 3.05) is 24.6 Å². The number of pyridine rings is 1. The minimum absolute atomic E-state index is 0.286. The Labute approximate surface area is 98.6 Å². The van der Waals surface area contributed by atoms with E-state index < -0.39 is 0 Å². The quantitative estimate of drug-likeness (QED) is 0.784. The van der Waals surface area contributed by atoms with Crippen LogP contribution in [-0.2, 0) is 4.74 Å². The lowest BCUT2D eigenvalue weighted by Crippen LogP contribution is -2.41. The predicted molar refractivity (Wildman–Crippen MR) is 64.3 cm³/mol. The lowest BCUT2D eigenvalue weighted by atomic mass is 10.2. The number of morpholine rings is 1. The molecule has 82 valence electrons. The first-order valence-electron chi connectivity index (χ1n) is 5.15. The van der Waals surface area contributed by atoms with E-state index in [2.05, 4.69) is 38.8 Å². The third kappa shape index (κ3) is 2.49. The van der Waals surface area contributed by atoms with E-state index in [4.69, 9.17) is 4.74 Å². The van der Waals surface area contributed by atoms with Crippen molar-refractivity contribution in [3.05, 3.63) is 22.3 Å². The lowest BCUT2D eigenvalue weighted by molar-refractivity contribution is 0.0529. The van der Waals surface area contributed by atoms with Crippen molar-refractivity contribution < 1.29 is 4.74 Å². The second kappa shape index (κ2) is 4.49. The van der Waals surface area contributed by atoms with Gasteiger partial charge in [-0.2, -0.15) is 0 Å². The molecule has 1 unspecified atom stereocenters. The molecule has 1 saturated heterocycles. The highest BCUT2D eigenvalue weighted by Crippen LogP contribution is 2.25. The van der Waals surface area contributed by atoms with Crippen LogP contribution in [0.1, 0.15) is 12.5 Å². The van der Waals surface area contributed by atoms with Crippen LogP contribution in [-0.4, -0.2) is 30.8 Å². The molecular formula is C11H15BrN2O. The molecule has 0 bridgehead atoms. The minimum Gasteiger partial charge on any atom is -0.375 e. The molecule has 4 heteroatoms. The summed E-state index contributed by atoms with van der Waals surface area (Å²) in [5.74, 6) is 1.02. The van der Waals surface area contributed by atoms with Crippen molar-refractivity contribution in [1.29, 1.82) is 0 Å². The standard InChI is InChI=1S/C11H15BrN2O/c1-8-5-10(12)11(13-6-8)14-3-4-15-9(2)7-14/h5-6,9H,3-4,7H2,1-2H3. The van der Waals surface area contributed by atoms with Crippen LogP contribution in [0.25, 0.3) is 0 Å². The first-order chi connectivity index (χ1) is 7.16. The number of ether oxygens (including phenoxy) is 1. The number of hydrogen-bond acceptors (Lipinski definition) is 3. The zero-order valence-electron chi connectivity index (χ0n) is 9.03. The molecule has 0 N–H and O–H groups in total. The molecule has 0 aliphatic carbocycles. The maximum Gasteiger partial charge on any atom is 0.143 e. The van der Waals surface area contributed by atoms with Crippen molar-refractivity contribution >= 4 is 21.7 Å². The van der Waals surface area contributed by atoms with E-state index in [1.807, 2.05) is 13.1 Å². The number of aryl methyl sites for hydroxylation is 1. The van der Waals surface area contributed by atoms with Gasteiger partial charge in [0.05, 0.1) is 17.2 Å². The largest absolute Gasteiger partial charge is 0.375 e. The highest BCUT2D eigenvalue weighted by atomic mass is 79.9. The summed E-state index contributed by atoms with van der Waals surface area (Å²) >= 11 is 3.56. The zero-order valence-corrected chi connectivity index (χ0v) is 10.6. The van der Waals surface area contributed by atoms with Gasteiger partial charge in [-0.3, -0.25) is 0 Å². The molecule has 1 aromatic rings. The van der Waals surface area contributed by atoms with E-state index in [1.54, 1.807) is 0 Å². The monoisotopic (exact) mass is 270 g/mol. The van der Waals surface area contributed by atoms with Crippen molar-refractivity contribution in [3.63, 3.8) is 0 Å². The van der Waals surface area contributed by atoms with Crippen molar-refractivity contribution in [3.8, 4) is 0 Å². The van der Waals surface area contributed by atoms with E-state index in [9.17, 15) is 0 Å². The molecule has 2 heterocycles. The summed E-state index contributed by atoms with van der Waals surface area (Å²) in [6, 6.07) is 2.10. The van der Waals surface area contributed by atoms with Crippen LogP contribution in [0.2, 0.25) is 0 Å². The number of halogens is 1. The summed E-state index contributed by atoms with van der Waals surface area (Å²) in [5.41, 5.74) is 1.17. The van der Waals surface area contributed by atoms with Gasteiger partial charge in [-0.25, -0.2) is 4.98 Å². The summed E-state index contributed by atoms with van der Waals surface area (Å²) in [6.45, 7) is 6.74. The van der Waals surface area contributed by atoms with Gasteiger partial charge in [-0.1, -0.05) is 0 Å². The Morgan fingerprint density at radius 1 is 1.60 bits per heavy atom. The van der Waals surface area contributed by atoms with Gasteiger partial charge >= 0.3 is 0 Å². The molecule has 1 aliphatic heterocycles. The Balaban J connectivity index is 2.21. The molecule has 1 atom stereocenters. The summed E-state index contributed by atoms with van der Waals surface area (Å²) < 4.78 is 6.57. The molecule has 0 saturated carbocycles. The summed E-state index contributed by atoms with van der Waals surface area (Å²) in [4.78, 5) is 6.72. The maximum absolute atomic E-state index is 5.51. The van der Waals surface area contributed by atoms with Crippen LogP contribution in [0.3, 0.4) is 0 Å². The van der Waals surface area contributed by atoms with Crippen LogP contribution in [0.5, 0.6) is 0 Å². The van der Waals surface area contributed by atoms with Crippen molar-refractivity contribution in [1.82, 2.24) is 4.98 Å². The Hall–Kier alpha value is -0.610. The maximum atomic E-state index is 5.51. The number of aromatic nitrogens is 1. The van der Waals surface area contributed by atoms with Gasteiger partial charge in [0.2, 0.25) is 0 Å². The average molecular weight is 271 g/mol. The average Bonchev–Trinajstić information content (AvgIpc) is 2.17. The predicted octanol–water partition coefficient (Wildman–Crippen LogP) is 2.38. The third-order valence-corrected chi connectivity index (χ3v) is 3.08. The van der Waals surface area contributed by atoms with Gasteiger partial charge in [0.25, 0.3) is 0 Å². The molecule has 0 spiro atoms. The Kier molecular flexibility index (Phi) is 3.26. The first-order valence-corrected chi connectivity index (χ1v) is 5.95. The smallest absolute Gasteiger partial charge is 0.143 e. The molecule has 1 fully saturated rings. The second-order valence-corrected chi connectivity index (χ2v) is 4.80. The number of rotatable bonds is 1.